The van der Waals surface area contributed by atoms with Crippen molar-refractivity contribution in [2.45, 2.75) is 63.3 Å². The second kappa shape index (κ2) is 8.04. The molecular weight excluding hydrogens is 493 g/mol. The average Bonchev–Trinajstić information content (AvgIpc) is 3.02. The molecule has 2 aromatic rings. The summed E-state index contributed by atoms with van der Waals surface area (Å²) in [4.78, 5) is 18.0. The highest BCUT2D eigenvalue weighted by Crippen LogP contribution is 2.43. The zero-order valence-electron chi connectivity index (χ0n) is 17.1. The molecule has 0 bridgehead atoms. The molecular formula is C20H20BrF3N6O2. The fourth-order valence-corrected chi connectivity index (χ4v) is 4.58. The molecule has 12 heteroatoms. The minimum atomic E-state index is -3.29. The summed E-state index contributed by atoms with van der Waals surface area (Å²) in [5.74, 6) is -4.03. The molecule has 0 spiro atoms. The summed E-state index contributed by atoms with van der Waals surface area (Å²) in [5.41, 5.74) is -1.39. The molecule has 2 atom stereocenters. The van der Waals surface area contributed by atoms with Crippen LogP contribution in [0.3, 0.4) is 0 Å². The first-order valence-electron chi connectivity index (χ1n) is 9.98. The fourth-order valence-electron chi connectivity index (χ4n) is 4.25. The normalized spacial score (nSPS) is 24.2. The number of nitriles is 1. The van der Waals surface area contributed by atoms with Crippen molar-refractivity contribution >= 4 is 27.6 Å². The first-order valence-corrected chi connectivity index (χ1v) is 10.8. The molecule has 0 fully saturated rings. The maximum Gasteiger partial charge on any atom is 0.322 e. The van der Waals surface area contributed by atoms with E-state index in [2.05, 4.69) is 31.3 Å². The van der Waals surface area contributed by atoms with Crippen LogP contribution in [0.5, 0.6) is 0 Å². The molecule has 2 amide bonds. The lowest BCUT2D eigenvalue weighted by Gasteiger charge is -2.33. The predicted octanol–water partition coefficient (Wildman–Crippen LogP) is 3.69. The lowest BCUT2D eigenvalue weighted by atomic mass is 9.92. The number of nitrogens with one attached hydrogen (secondary N) is 1. The third-order valence-corrected chi connectivity index (χ3v) is 6.49. The van der Waals surface area contributed by atoms with Gasteiger partial charge in [0.25, 0.3) is 5.92 Å². The van der Waals surface area contributed by atoms with Crippen LogP contribution in [0.25, 0.3) is 0 Å². The van der Waals surface area contributed by atoms with E-state index in [1.165, 1.54) is 17.2 Å². The smallest absolute Gasteiger partial charge is 0.322 e. The molecule has 0 unspecified atom stereocenters. The molecule has 0 radical (unpaired) electrons. The largest absolute Gasteiger partial charge is 0.387 e. The Morgan fingerprint density at radius 1 is 1.47 bits per heavy atom. The van der Waals surface area contributed by atoms with E-state index in [-0.39, 0.29) is 59.9 Å². The minimum absolute atomic E-state index is 0.0595. The second-order valence-electron chi connectivity index (χ2n) is 8.27. The number of anilines is 1. The Labute approximate surface area is 190 Å². The molecule has 2 N–H and O–H groups in total. The molecule has 0 aliphatic carbocycles. The van der Waals surface area contributed by atoms with E-state index in [0.29, 0.717) is 5.69 Å². The number of hydrogen-bond acceptors (Lipinski definition) is 5. The number of nitrogens with zero attached hydrogens (tertiary/aromatic N) is 5. The molecule has 2 aliphatic rings. The summed E-state index contributed by atoms with van der Waals surface area (Å²) in [6, 6.07) is 2.12. The van der Waals surface area contributed by atoms with E-state index in [9.17, 15) is 14.3 Å². The number of carbonyl (C=O) groups excluding carboxylic acids is 1. The van der Waals surface area contributed by atoms with Crippen molar-refractivity contribution in [2.24, 2.45) is 0 Å². The third-order valence-electron chi connectivity index (χ3n) is 5.94. The van der Waals surface area contributed by atoms with Gasteiger partial charge in [0.05, 0.1) is 42.6 Å². The third kappa shape index (κ3) is 3.95. The summed E-state index contributed by atoms with van der Waals surface area (Å²) in [7, 11) is 0. The van der Waals surface area contributed by atoms with Gasteiger partial charge < -0.3 is 15.3 Å². The predicted molar refractivity (Wildman–Crippen MR) is 110 cm³/mol. The number of carbonyl (C=O) groups is 1. The number of halogens is 4. The maximum atomic E-state index is 15.1. The Morgan fingerprint density at radius 2 is 2.22 bits per heavy atom. The van der Waals surface area contributed by atoms with Crippen LogP contribution in [-0.4, -0.2) is 42.4 Å². The molecule has 4 heterocycles. The van der Waals surface area contributed by atoms with Crippen LogP contribution < -0.4 is 5.32 Å². The summed E-state index contributed by atoms with van der Waals surface area (Å²) in [5, 5.41) is 26.4. The number of pyridine rings is 1. The topological polar surface area (TPSA) is 107 Å². The number of amides is 2. The van der Waals surface area contributed by atoms with Gasteiger partial charge in [-0.25, -0.2) is 14.2 Å². The summed E-state index contributed by atoms with van der Waals surface area (Å²) >= 11 is 2.96. The van der Waals surface area contributed by atoms with Gasteiger partial charge in [-0.2, -0.15) is 19.1 Å². The molecule has 0 saturated carbocycles. The van der Waals surface area contributed by atoms with E-state index >= 15 is 8.78 Å². The molecule has 2 aromatic heterocycles. The molecule has 0 saturated heterocycles. The van der Waals surface area contributed by atoms with Crippen LogP contribution in [0, 0.1) is 17.1 Å². The van der Waals surface area contributed by atoms with Gasteiger partial charge in [-0.15, -0.1) is 0 Å². The van der Waals surface area contributed by atoms with E-state index < -0.39 is 29.8 Å². The van der Waals surface area contributed by atoms with Gasteiger partial charge in [-0.3, -0.25) is 4.68 Å². The Balaban J connectivity index is 1.66. The molecule has 2 aliphatic heterocycles. The van der Waals surface area contributed by atoms with Gasteiger partial charge in [0.15, 0.2) is 5.82 Å². The molecule has 0 aromatic carbocycles. The number of alkyl halides is 2. The van der Waals surface area contributed by atoms with Crippen LogP contribution in [0.1, 0.15) is 43.1 Å². The minimum Gasteiger partial charge on any atom is -0.387 e. The quantitative estimate of drug-likeness (QED) is 0.596. The lowest BCUT2D eigenvalue weighted by Crippen LogP contribution is -2.45. The monoisotopic (exact) mass is 512 g/mol. The number of aromatic nitrogens is 3. The number of rotatable bonds is 2. The molecule has 8 nitrogen and oxygen atoms in total. The highest BCUT2D eigenvalue weighted by Gasteiger charge is 2.47. The molecule has 4 rings (SSSR count). The SMILES string of the molecule is C[C@@H]1Cc2nn3c(c2CN1C(=O)Nc1ccnc(Br)c1F)C(F)(F)CC[C@](O)(CC#N)C3. The van der Waals surface area contributed by atoms with Gasteiger partial charge in [-0.1, -0.05) is 0 Å². The summed E-state index contributed by atoms with van der Waals surface area (Å²) in [6.07, 6.45) is 0.369. The van der Waals surface area contributed by atoms with E-state index in [1.807, 2.05) is 6.07 Å². The zero-order valence-corrected chi connectivity index (χ0v) is 18.7. The van der Waals surface area contributed by atoms with Crippen molar-refractivity contribution < 1.29 is 23.1 Å². The second-order valence-corrected chi connectivity index (χ2v) is 9.02. The van der Waals surface area contributed by atoms with Crippen molar-refractivity contribution in [3.05, 3.63) is 39.6 Å². The lowest BCUT2D eigenvalue weighted by molar-refractivity contribution is -0.0395. The van der Waals surface area contributed by atoms with Gasteiger partial charge in [0, 0.05) is 30.6 Å². The zero-order chi connectivity index (χ0) is 23.3. The number of hydrogen-bond donors (Lipinski definition) is 2. The highest BCUT2D eigenvalue weighted by atomic mass is 79.9. The first kappa shape index (κ1) is 22.5. The van der Waals surface area contributed by atoms with Crippen LogP contribution in [0.2, 0.25) is 0 Å². The van der Waals surface area contributed by atoms with E-state index in [0.717, 1.165) is 4.68 Å². The number of fused-ring (bicyclic) bond motifs is 3. The average molecular weight is 513 g/mol. The Kier molecular flexibility index (Phi) is 5.67. The van der Waals surface area contributed by atoms with Crippen molar-refractivity contribution in [1.82, 2.24) is 19.7 Å². The van der Waals surface area contributed by atoms with Crippen LogP contribution in [0.4, 0.5) is 23.7 Å². The van der Waals surface area contributed by atoms with Gasteiger partial charge in [0.1, 0.15) is 10.3 Å². The Bertz CT molecular complexity index is 1120. The van der Waals surface area contributed by atoms with E-state index in [4.69, 9.17) is 5.26 Å². The van der Waals surface area contributed by atoms with Crippen LogP contribution >= 0.6 is 15.9 Å². The van der Waals surface area contributed by atoms with E-state index in [1.54, 1.807) is 6.92 Å². The summed E-state index contributed by atoms with van der Waals surface area (Å²) in [6.45, 7) is 1.38. The van der Waals surface area contributed by atoms with Crippen molar-refractivity contribution in [3.63, 3.8) is 0 Å². The first-order chi connectivity index (χ1) is 15.0. The van der Waals surface area contributed by atoms with Gasteiger partial charge >= 0.3 is 6.03 Å². The van der Waals surface area contributed by atoms with Gasteiger partial charge in [0.2, 0.25) is 0 Å². The Hall–Kier alpha value is -2.65. The summed E-state index contributed by atoms with van der Waals surface area (Å²) < 4.78 is 45.4. The van der Waals surface area contributed by atoms with Crippen LogP contribution in [-0.2, 0) is 25.4 Å². The fraction of sp³-hybridized carbons (Fsp3) is 0.500. The van der Waals surface area contributed by atoms with Crippen molar-refractivity contribution in [1.29, 1.82) is 5.26 Å². The van der Waals surface area contributed by atoms with Crippen molar-refractivity contribution in [2.75, 3.05) is 5.32 Å². The number of urea groups is 1. The highest BCUT2D eigenvalue weighted by molar-refractivity contribution is 9.10. The standard InChI is InChI=1S/C20H20BrF3N6O2/c1-11-8-14-12(9-29(11)18(31)27-13-2-7-26-17(21)15(13)22)16-20(23,24)4-3-19(32,5-6-25)10-30(16)28-14/h2,7,11,32H,3-5,8-10H2,1H3,(H,26,27,31)/t11-,19+/m1/s1. The Morgan fingerprint density at radius 3 is 2.94 bits per heavy atom. The van der Waals surface area contributed by atoms with Gasteiger partial charge in [-0.05, 0) is 35.3 Å². The number of aliphatic hydroxyl groups is 1. The molecule has 170 valence electrons. The van der Waals surface area contributed by atoms with Crippen LogP contribution in [0.15, 0.2) is 16.9 Å². The molecule has 32 heavy (non-hydrogen) atoms. The van der Waals surface area contributed by atoms with Crippen molar-refractivity contribution in [3.8, 4) is 6.07 Å². The maximum absolute atomic E-state index is 15.1.